The summed E-state index contributed by atoms with van der Waals surface area (Å²) in [5.41, 5.74) is 4.52. The highest BCUT2D eigenvalue weighted by Crippen LogP contribution is 2.20. The third kappa shape index (κ3) is 3.30. The monoisotopic (exact) mass is 331 g/mol. The third-order valence-corrected chi connectivity index (χ3v) is 4.99. The minimum Gasteiger partial charge on any atom is -0.390 e. The van der Waals surface area contributed by atoms with E-state index in [1.165, 1.54) is 11.1 Å². The maximum absolute atomic E-state index is 10.6. The summed E-state index contributed by atoms with van der Waals surface area (Å²) in [6.07, 6.45) is 2.61. The molecule has 1 aromatic heterocycles. The minimum atomic E-state index is -0.420. The second-order valence-electron chi connectivity index (χ2n) is 6.76. The summed E-state index contributed by atoms with van der Waals surface area (Å²) in [5, 5.41) is 20.6. The molecule has 0 fully saturated rings. The van der Waals surface area contributed by atoms with Gasteiger partial charge < -0.3 is 9.67 Å². The standard InChI is InChI=1S/C21H21N3O/c22-12-16-5-6-21-18(11-16)8-10-24(21)15-20(25)14-23-9-7-17-3-1-2-4-19(17)13-23/h1-6,8,10-11,20,25H,7,9,13-15H2/t20-/m1/s1. The van der Waals surface area contributed by atoms with E-state index in [-0.39, 0.29) is 0 Å². The van der Waals surface area contributed by atoms with Crippen molar-refractivity contribution in [3.63, 3.8) is 0 Å². The van der Waals surface area contributed by atoms with Gasteiger partial charge in [0.25, 0.3) is 0 Å². The molecule has 0 radical (unpaired) electrons. The van der Waals surface area contributed by atoms with Crippen LogP contribution in [0.4, 0.5) is 0 Å². The molecule has 0 saturated carbocycles. The van der Waals surface area contributed by atoms with Crippen LogP contribution in [-0.4, -0.2) is 33.8 Å². The molecule has 0 unspecified atom stereocenters. The van der Waals surface area contributed by atoms with Gasteiger partial charge in [0.1, 0.15) is 0 Å². The number of hydrogen-bond donors (Lipinski definition) is 1. The molecule has 0 aliphatic carbocycles. The Bertz CT molecular complexity index is 938. The maximum Gasteiger partial charge on any atom is 0.0991 e. The average Bonchev–Trinajstić information content (AvgIpc) is 3.03. The van der Waals surface area contributed by atoms with Gasteiger partial charge in [-0.1, -0.05) is 24.3 Å². The smallest absolute Gasteiger partial charge is 0.0991 e. The molecule has 4 heteroatoms. The van der Waals surface area contributed by atoms with Gasteiger partial charge in [0.15, 0.2) is 0 Å². The van der Waals surface area contributed by atoms with Gasteiger partial charge in [0, 0.05) is 43.3 Å². The van der Waals surface area contributed by atoms with Crippen molar-refractivity contribution in [3.05, 3.63) is 71.4 Å². The van der Waals surface area contributed by atoms with E-state index in [2.05, 4.69) is 39.8 Å². The van der Waals surface area contributed by atoms with E-state index >= 15 is 0 Å². The topological polar surface area (TPSA) is 52.2 Å². The van der Waals surface area contributed by atoms with E-state index in [0.717, 1.165) is 30.4 Å². The van der Waals surface area contributed by atoms with Gasteiger partial charge in [-0.3, -0.25) is 4.90 Å². The van der Waals surface area contributed by atoms with E-state index in [1.807, 2.05) is 30.5 Å². The van der Waals surface area contributed by atoms with E-state index < -0.39 is 6.10 Å². The molecule has 0 saturated heterocycles. The van der Waals surface area contributed by atoms with Crippen LogP contribution in [0, 0.1) is 11.3 Å². The number of β-amino-alcohol motifs (C(OH)–C–C–N with tert-alkyl or cyclic N) is 1. The molecule has 4 rings (SSSR count). The van der Waals surface area contributed by atoms with Gasteiger partial charge in [-0.2, -0.15) is 5.26 Å². The van der Waals surface area contributed by atoms with Crippen LogP contribution in [0.1, 0.15) is 16.7 Å². The van der Waals surface area contributed by atoms with Crippen LogP contribution >= 0.6 is 0 Å². The number of hydrogen-bond acceptors (Lipinski definition) is 3. The quantitative estimate of drug-likeness (QED) is 0.800. The summed E-state index contributed by atoms with van der Waals surface area (Å²) >= 11 is 0. The third-order valence-electron chi connectivity index (χ3n) is 4.99. The fourth-order valence-electron chi connectivity index (χ4n) is 3.72. The van der Waals surface area contributed by atoms with E-state index in [1.54, 1.807) is 0 Å². The molecule has 3 aromatic rings. The highest BCUT2D eigenvalue weighted by Gasteiger charge is 2.18. The molecule has 1 N–H and O–H groups in total. The van der Waals surface area contributed by atoms with Crippen molar-refractivity contribution in [1.82, 2.24) is 9.47 Å². The van der Waals surface area contributed by atoms with E-state index in [4.69, 9.17) is 5.26 Å². The average molecular weight is 331 g/mol. The van der Waals surface area contributed by atoms with Crippen LogP contribution in [-0.2, 0) is 19.5 Å². The Morgan fingerprint density at radius 1 is 1.08 bits per heavy atom. The molecule has 1 atom stereocenters. The first kappa shape index (κ1) is 15.9. The summed E-state index contributed by atoms with van der Waals surface area (Å²) in [6, 6.07) is 18.4. The molecule has 0 spiro atoms. The molecule has 4 nitrogen and oxygen atoms in total. The van der Waals surface area contributed by atoms with Gasteiger partial charge in [-0.05, 0) is 41.8 Å². The van der Waals surface area contributed by atoms with Gasteiger partial charge in [0.05, 0.1) is 17.7 Å². The molecule has 0 bridgehead atoms. The Labute approximate surface area is 147 Å². The normalized spacial score (nSPS) is 15.7. The summed E-state index contributed by atoms with van der Waals surface area (Å²) in [6.45, 7) is 3.13. The van der Waals surface area contributed by atoms with Crippen molar-refractivity contribution >= 4 is 10.9 Å². The van der Waals surface area contributed by atoms with Crippen LogP contribution < -0.4 is 0 Å². The first-order valence-corrected chi connectivity index (χ1v) is 8.69. The fourth-order valence-corrected chi connectivity index (χ4v) is 3.72. The van der Waals surface area contributed by atoms with Crippen LogP contribution in [0.3, 0.4) is 0 Å². The summed E-state index contributed by atoms with van der Waals surface area (Å²) in [5.74, 6) is 0. The Morgan fingerprint density at radius 3 is 2.76 bits per heavy atom. The molecule has 1 aliphatic heterocycles. The molecule has 1 aliphatic rings. The first-order valence-electron chi connectivity index (χ1n) is 8.69. The van der Waals surface area contributed by atoms with Crippen LogP contribution in [0.5, 0.6) is 0 Å². The van der Waals surface area contributed by atoms with Crippen LogP contribution in [0.15, 0.2) is 54.7 Å². The van der Waals surface area contributed by atoms with E-state index in [0.29, 0.717) is 18.7 Å². The molecule has 2 aromatic carbocycles. The number of fused-ring (bicyclic) bond motifs is 2. The largest absolute Gasteiger partial charge is 0.390 e. The van der Waals surface area contributed by atoms with Crippen molar-refractivity contribution in [1.29, 1.82) is 5.26 Å². The lowest BCUT2D eigenvalue weighted by molar-refractivity contribution is 0.0928. The zero-order chi connectivity index (χ0) is 17.2. The second kappa shape index (κ2) is 6.72. The highest BCUT2D eigenvalue weighted by molar-refractivity contribution is 5.81. The van der Waals surface area contributed by atoms with Crippen molar-refractivity contribution in [2.24, 2.45) is 0 Å². The van der Waals surface area contributed by atoms with Crippen molar-refractivity contribution in [2.75, 3.05) is 13.1 Å². The molecule has 2 heterocycles. The number of nitriles is 1. The number of aliphatic hydroxyl groups is 1. The highest BCUT2D eigenvalue weighted by atomic mass is 16.3. The molecule has 126 valence electrons. The van der Waals surface area contributed by atoms with Crippen molar-refractivity contribution in [2.45, 2.75) is 25.6 Å². The zero-order valence-electron chi connectivity index (χ0n) is 14.1. The lowest BCUT2D eigenvalue weighted by Crippen LogP contribution is -2.38. The Hall–Kier alpha value is -2.61. The molecule has 0 amide bonds. The summed E-state index contributed by atoms with van der Waals surface area (Å²) in [4.78, 5) is 2.33. The fraction of sp³-hybridized carbons (Fsp3) is 0.286. The number of aromatic nitrogens is 1. The lowest BCUT2D eigenvalue weighted by Gasteiger charge is -2.30. The second-order valence-corrected chi connectivity index (χ2v) is 6.76. The Kier molecular flexibility index (Phi) is 4.27. The minimum absolute atomic E-state index is 0.420. The maximum atomic E-state index is 10.6. The first-order chi connectivity index (χ1) is 12.2. The van der Waals surface area contributed by atoms with Gasteiger partial charge in [-0.15, -0.1) is 0 Å². The van der Waals surface area contributed by atoms with Crippen molar-refractivity contribution < 1.29 is 5.11 Å². The number of nitrogens with zero attached hydrogens (tertiary/aromatic N) is 3. The number of aliphatic hydroxyl groups excluding tert-OH is 1. The van der Waals surface area contributed by atoms with E-state index in [9.17, 15) is 5.11 Å². The number of rotatable bonds is 4. The van der Waals surface area contributed by atoms with Gasteiger partial charge in [0.2, 0.25) is 0 Å². The Balaban J connectivity index is 1.43. The Morgan fingerprint density at radius 2 is 1.92 bits per heavy atom. The van der Waals surface area contributed by atoms with Gasteiger partial charge >= 0.3 is 0 Å². The van der Waals surface area contributed by atoms with Gasteiger partial charge in [-0.25, -0.2) is 0 Å². The predicted octanol–water partition coefficient (Wildman–Crippen LogP) is 2.93. The SMILES string of the molecule is N#Cc1ccc2c(ccn2C[C@H](O)CN2CCc3ccccc3C2)c1. The summed E-state index contributed by atoms with van der Waals surface area (Å²) in [7, 11) is 0. The van der Waals surface area contributed by atoms with Crippen LogP contribution in [0.25, 0.3) is 10.9 Å². The van der Waals surface area contributed by atoms with Crippen LogP contribution in [0.2, 0.25) is 0 Å². The zero-order valence-corrected chi connectivity index (χ0v) is 14.1. The van der Waals surface area contributed by atoms with Crippen molar-refractivity contribution in [3.8, 4) is 6.07 Å². The molecular weight excluding hydrogens is 310 g/mol. The lowest BCUT2D eigenvalue weighted by atomic mass is 10.00. The number of benzene rings is 2. The molecular formula is C21H21N3O. The molecule has 25 heavy (non-hydrogen) atoms. The predicted molar refractivity (Wildman–Crippen MR) is 98.1 cm³/mol. The summed E-state index contributed by atoms with van der Waals surface area (Å²) < 4.78 is 2.07.